The van der Waals surface area contributed by atoms with E-state index in [1.165, 1.54) is 32.7 Å². The highest BCUT2D eigenvalue weighted by molar-refractivity contribution is 5.81. The second-order valence-electron chi connectivity index (χ2n) is 4.94. The molecule has 0 bridgehead atoms. The minimum absolute atomic E-state index is 0.491. The summed E-state index contributed by atoms with van der Waals surface area (Å²) in [6.45, 7) is 13.4. The number of nitrogens with one attached hydrogen (secondary N) is 2. The molecule has 2 heterocycles. The fraction of sp³-hybridized carbons (Fsp3) is 0.917. The second kappa shape index (κ2) is 6.21. The normalized spacial score (nSPS) is 26.7. The molecular weight excluding hydrogens is 214 g/mol. The Morgan fingerprint density at radius 2 is 2.00 bits per heavy atom. The fourth-order valence-corrected chi connectivity index (χ4v) is 2.32. The molecule has 1 saturated heterocycles. The molecule has 1 fully saturated rings. The monoisotopic (exact) mass is 239 g/mol. The molecule has 2 aliphatic heterocycles. The van der Waals surface area contributed by atoms with Crippen LogP contribution >= 0.6 is 0 Å². The summed E-state index contributed by atoms with van der Waals surface area (Å²) in [5.41, 5.74) is 0. The summed E-state index contributed by atoms with van der Waals surface area (Å²) in [7, 11) is 0. The molecule has 1 unspecified atom stereocenters. The van der Waals surface area contributed by atoms with E-state index in [0.717, 1.165) is 25.6 Å². The van der Waals surface area contributed by atoms with Crippen molar-refractivity contribution < 1.29 is 0 Å². The van der Waals surface area contributed by atoms with Gasteiger partial charge < -0.3 is 15.5 Å². The van der Waals surface area contributed by atoms with E-state index in [0.29, 0.717) is 6.04 Å². The van der Waals surface area contributed by atoms with Crippen molar-refractivity contribution in [2.45, 2.75) is 19.9 Å². The van der Waals surface area contributed by atoms with Crippen LogP contribution in [0.5, 0.6) is 0 Å². The van der Waals surface area contributed by atoms with Gasteiger partial charge in [0.1, 0.15) is 0 Å². The average molecular weight is 239 g/mol. The molecule has 0 aromatic carbocycles. The largest absolute Gasteiger partial charge is 0.355 e. The molecule has 17 heavy (non-hydrogen) atoms. The van der Waals surface area contributed by atoms with Crippen molar-refractivity contribution in [2.24, 2.45) is 4.99 Å². The van der Waals surface area contributed by atoms with Crippen LogP contribution in [-0.2, 0) is 0 Å². The standard InChI is InChI=1S/C12H25N5/c1-3-16-6-8-17(9-7-16)5-4-13-12-14-10-11(2)15-12/h11H,3-10H2,1-2H3,(H2,13,14,15). The molecule has 5 heteroatoms. The third-order valence-electron chi connectivity index (χ3n) is 3.54. The van der Waals surface area contributed by atoms with Gasteiger partial charge in [0, 0.05) is 45.3 Å². The predicted octanol–water partition coefficient (Wildman–Crippen LogP) is -0.439. The number of piperazine rings is 1. The van der Waals surface area contributed by atoms with Crippen molar-refractivity contribution >= 4 is 5.96 Å². The van der Waals surface area contributed by atoms with E-state index in [-0.39, 0.29) is 0 Å². The topological polar surface area (TPSA) is 42.9 Å². The Hall–Kier alpha value is -0.810. The van der Waals surface area contributed by atoms with Crippen molar-refractivity contribution in [2.75, 3.05) is 52.4 Å². The lowest BCUT2D eigenvalue weighted by Gasteiger charge is -2.34. The quantitative estimate of drug-likeness (QED) is 0.698. The lowest BCUT2D eigenvalue weighted by molar-refractivity contribution is 0.139. The Kier molecular flexibility index (Phi) is 4.62. The average Bonchev–Trinajstić information content (AvgIpc) is 2.76. The number of hydrogen-bond donors (Lipinski definition) is 2. The highest BCUT2D eigenvalue weighted by Crippen LogP contribution is 2.00. The van der Waals surface area contributed by atoms with Gasteiger partial charge >= 0.3 is 0 Å². The zero-order chi connectivity index (χ0) is 12.1. The van der Waals surface area contributed by atoms with E-state index >= 15 is 0 Å². The summed E-state index contributed by atoms with van der Waals surface area (Å²) >= 11 is 0. The maximum atomic E-state index is 4.39. The Bertz CT molecular complexity index is 258. The first kappa shape index (κ1) is 12.6. The summed E-state index contributed by atoms with van der Waals surface area (Å²) in [6.07, 6.45) is 0. The lowest BCUT2D eigenvalue weighted by atomic mass is 10.3. The molecule has 0 aromatic heterocycles. The molecule has 0 amide bonds. The van der Waals surface area contributed by atoms with Gasteiger partial charge in [-0.1, -0.05) is 6.92 Å². The Morgan fingerprint density at radius 1 is 1.29 bits per heavy atom. The van der Waals surface area contributed by atoms with Gasteiger partial charge in [-0.2, -0.15) is 0 Å². The van der Waals surface area contributed by atoms with Gasteiger partial charge in [0.05, 0.1) is 6.54 Å². The van der Waals surface area contributed by atoms with Crippen LogP contribution in [0.25, 0.3) is 0 Å². The van der Waals surface area contributed by atoms with Crippen molar-refractivity contribution in [3.8, 4) is 0 Å². The molecule has 1 atom stereocenters. The van der Waals surface area contributed by atoms with Crippen molar-refractivity contribution in [1.82, 2.24) is 20.4 Å². The van der Waals surface area contributed by atoms with Crippen molar-refractivity contribution in [3.05, 3.63) is 0 Å². The third kappa shape index (κ3) is 3.85. The molecule has 5 nitrogen and oxygen atoms in total. The number of aliphatic imine (C=N–C) groups is 1. The van der Waals surface area contributed by atoms with Gasteiger partial charge in [0.2, 0.25) is 0 Å². The van der Waals surface area contributed by atoms with E-state index in [1.54, 1.807) is 0 Å². The molecular formula is C12H25N5. The minimum Gasteiger partial charge on any atom is -0.355 e. The molecule has 0 aliphatic carbocycles. The molecule has 0 aromatic rings. The molecule has 2 rings (SSSR count). The summed E-state index contributed by atoms with van der Waals surface area (Å²) < 4.78 is 0. The van der Waals surface area contributed by atoms with Crippen LogP contribution in [0.1, 0.15) is 13.8 Å². The van der Waals surface area contributed by atoms with Crippen molar-refractivity contribution in [1.29, 1.82) is 0 Å². The molecule has 98 valence electrons. The SMILES string of the molecule is CCN1CCN(CCNC2=NCC(C)N2)CC1. The smallest absolute Gasteiger partial charge is 0.191 e. The maximum absolute atomic E-state index is 4.39. The van der Waals surface area contributed by atoms with Gasteiger partial charge in [-0.05, 0) is 13.5 Å². The second-order valence-corrected chi connectivity index (χ2v) is 4.94. The number of rotatable bonds is 4. The van der Waals surface area contributed by atoms with E-state index in [2.05, 4.69) is 39.3 Å². The molecule has 0 spiro atoms. The van der Waals surface area contributed by atoms with Crippen molar-refractivity contribution in [3.63, 3.8) is 0 Å². The maximum Gasteiger partial charge on any atom is 0.191 e. The van der Waals surface area contributed by atoms with Gasteiger partial charge in [-0.15, -0.1) is 0 Å². The van der Waals surface area contributed by atoms with E-state index < -0.39 is 0 Å². The first-order chi connectivity index (χ1) is 8.28. The van der Waals surface area contributed by atoms with E-state index in [1.807, 2.05) is 0 Å². The lowest BCUT2D eigenvalue weighted by Crippen LogP contribution is -2.49. The third-order valence-corrected chi connectivity index (χ3v) is 3.54. The van der Waals surface area contributed by atoms with Gasteiger partial charge in [0.25, 0.3) is 0 Å². The number of hydrogen-bond acceptors (Lipinski definition) is 5. The minimum atomic E-state index is 0.491. The van der Waals surface area contributed by atoms with E-state index in [4.69, 9.17) is 0 Å². The fourth-order valence-electron chi connectivity index (χ4n) is 2.32. The zero-order valence-corrected chi connectivity index (χ0v) is 11.1. The number of likely N-dealkylation sites (N-methyl/N-ethyl adjacent to an activating group) is 1. The predicted molar refractivity (Wildman–Crippen MR) is 71.5 cm³/mol. The van der Waals surface area contributed by atoms with Gasteiger partial charge in [-0.25, -0.2) is 0 Å². The van der Waals surface area contributed by atoms with E-state index in [9.17, 15) is 0 Å². The Morgan fingerprint density at radius 3 is 2.59 bits per heavy atom. The van der Waals surface area contributed by atoms with Crippen LogP contribution in [0.2, 0.25) is 0 Å². The highest BCUT2D eigenvalue weighted by atomic mass is 15.3. The summed E-state index contributed by atoms with van der Waals surface area (Å²) in [4.78, 5) is 9.43. The highest BCUT2D eigenvalue weighted by Gasteiger charge is 2.15. The number of guanidine groups is 1. The molecule has 0 radical (unpaired) electrons. The van der Waals surface area contributed by atoms with Gasteiger partial charge in [-0.3, -0.25) is 9.89 Å². The van der Waals surface area contributed by atoms with Crippen LogP contribution in [0.3, 0.4) is 0 Å². The van der Waals surface area contributed by atoms with Crippen LogP contribution in [-0.4, -0.2) is 74.2 Å². The first-order valence-corrected chi connectivity index (χ1v) is 6.77. The summed E-state index contributed by atoms with van der Waals surface area (Å²) in [5.74, 6) is 0.977. The Labute approximate surface area is 104 Å². The van der Waals surface area contributed by atoms with Crippen LogP contribution in [0, 0.1) is 0 Å². The summed E-state index contributed by atoms with van der Waals surface area (Å²) in [6, 6.07) is 0.491. The summed E-state index contributed by atoms with van der Waals surface area (Å²) in [5, 5.41) is 6.69. The first-order valence-electron chi connectivity index (χ1n) is 6.77. The van der Waals surface area contributed by atoms with Crippen LogP contribution in [0.15, 0.2) is 4.99 Å². The molecule has 2 N–H and O–H groups in total. The zero-order valence-electron chi connectivity index (χ0n) is 11.1. The Balaban J connectivity index is 1.57. The molecule has 0 saturated carbocycles. The van der Waals surface area contributed by atoms with Gasteiger partial charge in [0.15, 0.2) is 5.96 Å². The van der Waals surface area contributed by atoms with Crippen LogP contribution in [0.4, 0.5) is 0 Å². The number of nitrogens with zero attached hydrogens (tertiary/aromatic N) is 3. The molecule has 2 aliphatic rings. The van der Waals surface area contributed by atoms with Crippen LogP contribution < -0.4 is 10.6 Å².